The molecule has 0 atom stereocenters. The maximum atomic E-state index is 11.5. The molecule has 0 saturated heterocycles. The third-order valence-corrected chi connectivity index (χ3v) is 3.40. The number of halogens is 1. The summed E-state index contributed by atoms with van der Waals surface area (Å²) in [6.07, 6.45) is 0.243. The lowest BCUT2D eigenvalue weighted by atomic mass is 10.0. The highest BCUT2D eigenvalue weighted by Crippen LogP contribution is 2.29. The third-order valence-electron chi connectivity index (χ3n) is 2.92. The Bertz CT molecular complexity index is 566. The smallest absolute Gasteiger partial charge is 0.302 e. The number of benzene rings is 1. The number of hydrogen-bond donors (Lipinski definition) is 1. The van der Waals surface area contributed by atoms with E-state index in [1.165, 1.54) is 11.9 Å². The van der Waals surface area contributed by atoms with Gasteiger partial charge < -0.3 is 4.74 Å². The highest BCUT2D eigenvalue weighted by atomic mass is 35.5. The molecule has 2 rings (SSSR count). The number of hydrogen-bond acceptors (Lipinski definition) is 4. The SMILES string of the molecule is CC(=O)OCc1ccc(C2=C(Cl)N(C)NC(=O)C2)cc1. The Kier molecular flexibility index (Phi) is 4.29. The molecule has 1 aliphatic heterocycles. The van der Waals surface area contributed by atoms with Crippen molar-refractivity contribution < 1.29 is 14.3 Å². The van der Waals surface area contributed by atoms with Crippen LogP contribution in [0.1, 0.15) is 24.5 Å². The van der Waals surface area contributed by atoms with E-state index in [1.807, 2.05) is 24.3 Å². The number of rotatable bonds is 3. The average molecular weight is 295 g/mol. The van der Waals surface area contributed by atoms with E-state index in [4.69, 9.17) is 16.3 Å². The van der Waals surface area contributed by atoms with Crippen LogP contribution in [0.15, 0.2) is 29.4 Å². The fraction of sp³-hybridized carbons (Fsp3) is 0.286. The number of ether oxygens (including phenoxy) is 1. The summed E-state index contributed by atoms with van der Waals surface area (Å²) in [6.45, 7) is 1.61. The number of nitrogens with one attached hydrogen (secondary N) is 1. The van der Waals surface area contributed by atoms with Crippen molar-refractivity contribution in [3.8, 4) is 0 Å². The second-order valence-electron chi connectivity index (χ2n) is 4.52. The number of amides is 1. The molecule has 20 heavy (non-hydrogen) atoms. The molecule has 106 valence electrons. The zero-order valence-corrected chi connectivity index (χ0v) is 12.0. The van der Waals surface area contributed by atoms with Crippen molar-refractivity contribution in [2.75, 3.05) is 7.05 Å². The van der Waals surface area contributed by atoms with Crippen molar-refractivity contribution in [3.63, 3.8) is 0 Å². The summed E-state index contributed by atoms with van der Waals surface area (Å²) < 4.78 is 4.92. The van der Waals surface area contributed by atoms with Crippen molar-refractivity contribution in [1.82, 2.24) is 10.4 Å². The van der Waals surface area contributed by atoms with Gasteiger partial charge >= 0.3 is 5.97 Å². The van der Waals surface area contributed by atoms with Crippen LogP contribution in [0.4, 0.5) is 0 Å². The number of esters is 1. The van der Waals surface area contributed by atoms with Crippen molar-refractivity contribution in [1.29, 1.82) is 0 Å². The van der Waals surface area contributed by atoms with Crippen LogP contribution in [0.25, 0.3) is 5.57 Å². The van der Waals surface area contributed by atoms with Gasteiger partial charge in [0.2, 0.25) is 5.91 Å². The topological polar surface area (TPSA) is 58.6 Å². The van der Waals surface area contributed by atoms with Crippen molar-refractivity contribution >= 4 is 29.1 Å². The Morgan fingerprint density at radius 2 is 2.05 bits per heavy atom. The first kappa shape index (κ1) is 14.4. The highest BCUT2D eigenvalue weighted by molar-refractivity contribution is 6.33. The largest absolute Gasteiger partial charge is 0.461 e. The van der Waals surface area contributed by atoms with Crippen molar-refractivity contribution in [3.05, 3.63) is 40.5 Å². The Labute approximate surface area is 122 Å². The zero-order chi connectivity index (χ0) is 14.7. The highest BCUT2D eigenvalue weighted by Gasteiger charge is 2.21. The van der Waals surface area contributed by atoms with Crippen LogP contribution < -0.4 is 5.43 Å². The molecule has 1 aromatic carbocycles. The molecule has 5 nitrogen and oxygen atoms in total. The first-order chi connectivity index (χ1) is 9.47. The van der Waals surface area contributed by atoms with E-state index in [9.17, 15) is 9.59 Å². The van der Waals surface area contributed by atoms with Gasteiger partial charge in [0.25, 0.3) is 0 Å². The molecular formula is C14H15ClN2O3. The van der Waals surface area contributed by atoms with Crippen LogP contribution >= 0.6 is 11.6 Å². The van der Waals surface area contributed by atoms with Gasteiger partial charge in [-0.2, -0.15) is 0 Å². The minimum Gasteiger partial charge on any atom is -0.461 e. The Morgan fingerprint density at radius 1 is 1.40 bits per heavy atom. The predicted octanol–water partition coefficient (Wildman–Crippen LogP) is 2.02. The van der Waals surface area contributed by atoms with Crippen LogP contribution in [0, 0.1) is 0 Å². The van der Waals surface area contributed by atoms with Crippen LogP contribution in [0.3, 0.4) is 0 Å². The third kappa shape index (κ3) is 3.30. The molecule has 1 heterocycles. The molecule has 0 spiro atoms. The number of carbonyl (C=O) groups excluding carboxylic acids is 2. The summed E-state index contributed by atoms with van der Waals surface area (Å²) in [5, 5.41) is 1.99. The molecule has 0 aromatic heterocycles. The summed E-state index contributed by atoms with van der Waals surface area (Å²) in [7, 11) is 1.69. The van der Waals surface area contributed by atoms with Crippen LogP contribution in [0.2, 0.25) is 0 Å². The van der Waals surface area contributed by atoms with Crippen LogP contribution in [-0.4, -0.2) is 23.9 Å². The van der Waals surface area contributed by atoms with E-state index in [2.05, 4.69) is 5.43 Å². The fourth-order valence-corrected chi connectivity index (χ4v) is 2.14. The minimum atomic E-state index is -0.314. The van der Waals surface area contributed by atoms with Crippen molar-refractivity contribution in [2.24, 2.45) is 0 Å². The first-order valence-electron chi connectivity index (χ1n) is 6.12. The summed E-state index contributed by atoms with van der Waals surface area (Å²) in [5.74, 6) is -0.415. The molecule has 0 fully saturated rings. The van der Waals surface area contributed by atoms with E-state index < -0.39 is 0 Å². The monoisotopic (exact) mass is 294 g/mol. The molecular weight excluding hydrogens is 280 g/mol. The lowest BCUT2D eigenvalue weighted by molar-refractivity contribution is -0.142. The minimum absolute atomic E-state index is 0.101. The summed E-state index contributed by atoms with van der Waals surface area (Å²) in [4.78, 5) is 22.3. The molecule has 6 heteroatoms. The summed E-state index contributed by atoms with van der Waals surface area (Å²) >= 11 is 6.20. The molecule has 0 bridgehead atoms. The first-order valence-corrected chi connectivity index (χ1v) is 6.49. The number of hydrazine groups is 1. The van der Waals surface area contributed by atoms with Gasteiger partial charge in [0.15, 0.2) is 0 Å². The van der Waals surface area contributed by atoms with Gasteiger partial charge in [0.1, 0.15) is 11.8 Å². The van der Waals surface area contributed by atoms with Gasteiger partial charge in [0, 0.05) is 19.5 Å². The molecule has 1 aliphatic rings. The second kappa shape index (κ2) is 5.96. The van der Waals surface area contributed by atoms with Gasteiger partial charge in [0.05, 0.1) is 6.42 Å². The van der Waals surface area contributed by atoms with E-state index in [0.29, 0.717) is 5.16 Å². The molecule has 1 amide bonds. The molecule has 0 unspecified atom stereocenters. The van der Waals surface area contributed by atoms with Crippen molar-refractivity contribution in [2.45, 2.75) is 20.0 Å². The molecule has 0 aliphatic carbocycles. The van der Waals surface area contributed by atoms with Gasteiger partial charge in [-0.3, -0.25) is 20.0 Å². The normalized spacial score (nSPS) is 15.2. The summed E-state index contributed by atoms with van der Waals surface area (Å²) in [6, 6.07) is 7.43. The number of carbonyl (C=O) groups is 2. The van der Waals surface area contributed by atoms with Gasteiger partial charge in [-0.05, 0) is 11.1 Å². The van der Waals surface area contributed by atoms with Gasteiger partial charge in [-0.25, -0.2) is 0 Å². The zero-order valence-electron chi connectivity index (χ0n) is 11.3. The lowest BCUT2D eigenvalue weighted by Gasteiger charge is -2.27. The lowest BCUT2D eigenvalue weighted by Crippen LogP contribution is -2.41. The quantitative estimate of drug-likeness (QED) is 0.684. The van der Waals surface area contributed by atoms with E-state index >= 15 is 0 Å². The standard InChI is InChI=1S/C14H15ClN2O3/c1-9(18)20-8-10-3-5-11(6-4-10)12-7-13(19)16-17(2)14(12)15/h3-6H,7-8H2,1-2H3,(H,16,19). The van der Waals surface area contributed by atoms with E-state index in [0.717, 1.165) is 16.7 Å². The molecule has 0 saturated carbocycles. The fourth-order valence-electron chi connectivity index (χ4n) is 1.92. The molecule has 1 aromatic rings. The van der Waals surface area contributed by atoms with Gasteiger partial charge in [-0.1, -0.05) is 35.9 Å². The Hall–Kier alpha value is -2.01. The summed E-state index contributed by atoms with van der Waals surface area (Å²) in [5.41, 5.74) is 5.16. The van der Waals surface area contributed by atoms with E-state index in [1.54, 1.807) is 7.05 Å². The predicted molar refractivity (Wildman–Crippen MR) is 75.2 cm³/mol. The van der Waals surface area contributed by atoms with Crippen LogP contribution in [0.5, 0.6) is 0 Å². The Balaban J connectivity index is 2.19. The van der Waals surface area contributed by atoms with Crippen LogP contribution in [-0.2, 0) is 20.9 Å². The van der Waals surface area contributed by atoms with E-state index in [-0.39, 0.29) is 24.9 Å². The number of nitrogens with zero attached hydrogens (tertiary/aromatic N) is 1. The molecule has 0 radical (unpaired) electrons. The maximum Gasteiger partial charge on any atom is 0.302 e. The Morgan fingerprint density at radius 3 is 2.65 bits per heavy atom. The molecule has 1 N–H and O–H groups in total. The maximum absolute atomic E-state index is 11.5. The average Bonchev–Trinajstić information content (AvgIpc) is 2.41. The van der Waals surface area contributed by atoms with Gasteiger partial charge in [-0.15, -0.1) is 0 Å². The second-order valence-corrected chi connectivity index (χ2v) is 4.88.